The van der Waals surface area contributed by atoms with Crippen LogP contribution in [0.25, 0.3) is 0 Å². The minimum absolute atomic E-state index is 0.0593. The summed E-state index contributed by atoms with van der Waals surface area (Å²) in [4.78, 5) is 14.9. The van der Waals surface area contributed by atoms with Gasteiger partial charge in [-0.3, -0.25) is 9.69 Å². The Balaban J connectivity index is 1.63. The van der Waals surface area contributed by atoms with Gasteiger partial charge in [-0.2, -0.15) is 0 Å². The van der Waals surface area contributed by atoms with Crippen molar-refractivity contribution in [3.05, 3.63) is 47.0 Å². The van der Waals surface area contributed by atoms with Crippen LogP contribution >= 0.6 is 0 Å². The second kappa shape index (κ2) is 7.12. The average Bonchev–Trinajstić information content (AvgIpc) is 2.66. The molecule has 0 aliphatic carbocycles. The number of benzene rings is 2. The Kier molecular flexibility index (Phi) is 4.66. The van der Waals surface area contributed by atoms with E-state index in [4.69, 9.17) is 4.74 Å². The number of carbonyl (C=O) groups is 1. The number of aromatic hydroxyl groups is 3. The number of ether oxygens (including phenoxy) is 1. The number of piperidine rings is 1. The molecule has 1 fully saturated rings. The fraction of sp³-hybridized carbons (Fsp3) is 0.381. The molecule has 0 spiro atoms. The van der Waals surface area contributed by atoms with Crippen molar-refractivity contribution in [2.45, 2.75) is 38.3 Å². The van der Waals surface area contributed by atoms with Gasteiger partial charge in [0, 0.05) is 12.6 Å². The Bertz CT molecular complexity index is 856. The number of nitrogens with zero attached hydrogens (tertiary/aromatic N) is 1. The first-order valence-electron chi connectivity index (χ1n) is 9.32. The average molecular weight is 369 g/mol. The number of phenols is 3. The zero-order valence-corrected chi connectivity index (χ0v) is 15.0. The molecule has 6 heteroatoms. The minimum Gasteiger partial charge on any atom is -0.508 e. The first-order chi connectivity index (χ1) is 13.0. The molecule has 27 heavy (non-hydrogen) atoms. The van der Waals surface area contributed by atoms with Crippen molar-refractivity contribution >= 4 is 5.78 Å². The third-order valence-corrected chi connectivity index (χ3v) is 5.36. The number of hydrogen-bond donors (Lipinski definition) is 3. The number of fused-ring (bicyclic) bond motifs is 1. The molecule has 2 aromatic carbocycles. The molecule has 2 aliphatic heterocycles. The molecule has 3 N–H and O–H groups in total. The molecule has 4 rings (SSSR count). The lowest BCUT2D eigenvalue weighted by atomic mass is 9.93. The van der Waals surface area contributed by atoms with Crippen LogP contribution in [0.15, 0.2) is 30.3 Å². The number of Topliss-reactive ketones (excluding diaryl/α,β-unsaturated/α-hetero) is 1. The highest BCUT2D eigenvalue weighted by Gasteiger charge is 2.33. The molecule has 2 aromatic rings. The lowest BCUT2D eigenvalue weighted by Crippen LogP contribution is -2.29. The van der Waals surface area contributed by atoms with Gasteiger partial charge in [0.2, 0.25) is 0 Å². The van der Waals surface area contributed by atoms with Gasteiger partial charge < -0.3 is 20.1 Å². The highest BCUT2D eigenvalue weighted by Crippen LogP contribution is 2.45. The maximum absolute atomic E-state index is 12.7. The van der Waals surface area contributed by atoms with Crippen LogP contribution in [0.2, 0.25) is 0 Å². The first-order valence-corrected chi connectivity index (χ1v) is 9.32. The lowest BCUT2D eigenvalue weighted by Gasteiger charge is -2.29. The molecule has 2 aliphatic rings. The van der Waals surface area contributed by atoms with Crippen LogP contribution in [0.4, 0.5) is 0 Å². The second-order valence-corrected chi connectivity index (χ2v) is 7.26. The second-order valence-electron chi connectivity index (χ2n) is 7.26. The number of likely N-dealkylation sites (tertiary alicyclic amines) is 1. The number of carbonyl (C=O) groups excluding carboxylic acids is 1. The standard InChI is InChI=1S/C21H23NO5/c23-14-6-4-13(5-7-14)18-11-17(25)20-19(27-18)10-16(24)15(21(20)26)12-22-8-2-1-3-9-22/h4-7,10,18,23-24,26H,1-3,8-9,11-12H2. The number of ketones is 1. The van der Waals surface area contributed by atoms with E-state index >= 15 is 0 Å². The minimum atomic E-state index is -0.516. The van der Waals surface area contributed by atoms with Gasteiger partial charge in [-0.05, 0) is 43.6 Å². The van der Waals surface area contributed by atoms with E-state index in [0.29, 0.717) is 12.1 Å². The Labute approximate surface area is 157 Å². The summed E-state index contributed by atoms with van der Waals surface area (Å²) in [5.74, 6) is -0.118. The summed E-state index contributed by atoms with van der Waals surface area (Å²) in [6.45, 7) is 2.26. The maximum Gasteiger partial charge on any atom is 0.174 e. The summed E-state index contributed by atoms with van der Waals surface area (Å²) in [7, 11) is 0. The summed E-state index contributed by atoms with van der Waals surface area (Å²) in [5, 5.41) is 30.6. The molecule has 0 saturated carbocycles. The topological polar surface area (TPSA) is 90.2 Å². The van der Waals surface area contributed by atoms with Crippen molar-refractivity contribution in [3.8, 4) is 23.0 Å². The first kappa shape index (κ1) is 17.7. The normalized spacial score (nSPS) is 20.1. The molecule has 0 amide bonds. The van der Waals surface area contributed by atoms with E-state index in [2.05, 4.69) is 4.90 Å². The smallest absolute Gasteiger partial charge is 0.174 e. The molecule has 1 unspecified atom stereocenters. The zero-order valence-electron chi connectivity index (χ0n) is 15.0. The van der Waals surface area contributed by atoms with Crippen LogP contribution in [0.1, 0.15) is 53.3 Å². The largest absolute Gasteiger partial charge is 0.508 e. The van der Waals surface area contributed by atoms with Gasteiger partial charge in [-0.1, -0.05) is 18.6 Å². The molecule has 0 aromatic heterocycles. The maximum atomic E-state index is 12.7. The SMILES string of the molecule is O=C1CC(c2ccc(O)cc2)Oc2cc(O)c(CN3CCCCC3)c(O)c21. The highest BCUT2D eigenvalue weighted by molar-refractivity contribution is 6.03. The van der Waals surface area contributed by atoms with E-state index < -0.39 is 6.10 Å². The van der Waals surface area contributed by atoms with Gasteiger partial charge in [0.15, 0.2) is 5.78 Å². The number of hydrogen-bond acceptors (Lipinski definition) is 6. The van der Waals surface area contributed by atoms with Crippen LogP contribution in [0.5, 0.6) is 23.0 Å². The molecule has 142 valence electrons. The predicted octanol–water partition coefficient (Wildman–Crippen LogP) is 3.50. The summed E-state index contributed by atoms with van der Waals surface area (Å²) < 4.78 is 5.90. The van der Waals surface area contributed by atoms with E-state index in [1.807, 2.05) is 0 Å². The van der Waals surface area contributed by atoms with Crippen molar-refractivity contribution in [3.63, 3.8) is 0 Å². The van der Waals surface area contributed by atoms with Crippen molar-refractivity contribution in [2.24, 2.45) is 0 Å². The van der Waals surface area contributed by atoms with Crippen LogP contribution in [0.3, 0.4) is 0 Å². The summed E-state index contributed by atoms with van der Waals surface area (Å²) in [6, 6.07) is 7.90. The van der Waals surface area contributed by atoms with E-state index in [0.717, 1.165) is 31.5 Å². The van der Waals surface area contributed by atoms with Crippen LogP contribution in [-0.2, 0) is 6.54 Å². The van der Waals surface area contributed by atoms with Gasteiger partial charge >= 0.3 is 0 Å². The summed E-state index contributed by atoms with van der Waals surface area (Å²) >= 11 is 0. The fourth-order valence-corrected chi connectivity index (χ4v) is 3.87. The Morgan fingerprint density at radius 2 is 1.74 bits per heavy atom. The monoisotopic (exact) mass is 369 g/mol. The molecule has 1 saturated heterocycles. The number of rotatable bonds is 3. The predicted molar refractivity (Wildman–Crippen MR) is 99.3 cm³/mol. The van der Waals surface area contributed by atoms with Crippen molar-refractivity contribution < 1.29 is 24.9 Å². The molecular weight excluding hydrogens is 346 g/mol. The fourth-order valence-electron chi connectivity index (χ4n) is 3.87. The molecule has 6 nitrogen and oxygen atoms in total. The van der Waals surface area contributed by atoms with Gasteiger partial charge in [-0.25, -0.2) is 0 Å². The van der Waals surface area contributed by atoms with Gasteiger partial charge in [0.05, 0.1) is 12.0 Å². The molecule has 0 radical (unpaired) electrons. The zero-order chi connectivity index (χ0) is 19.0. The lowest BCUT2D eigenvalue weighted by molar-refractivity contribution is 0.0843. The third kappa shape index (κ3) is 3.45. The number of phenolic OH excluding ortho intramolecular Hbond substituents is 3. The van der Waals surface area contributed by atoms with E-state index in [1.54, 1.807) is 12.1 Å². The van der Waals surface area contributed by atoms with Gasteiger partial charge in [0.25, 0.3) is 0 Å². The van der Waals surface area contributed by atoms with Crippen molar-refractivity contribution in [1.82, 2.24) is 4.90 Å². The molecule has 1 atom stereocenters. The third-order valence-electron chi connectivity index (χ3n) is 5.36. The summed E-state index contributed by atoms with van der Waals surface area (Å²) in [6.07, 6.45) is 2.98. The van der Waals surface area contributed by atoms with Crippen LogP contribution in [-0.4, -0.2) is 39.1 Å². The molecule has 0 bridgehead atoms. The Morgan fingerprint density at radius 1 is 1.04 bits per heavy atom. The van der Waals surface area contributed by atoms with Crippen LogP contribution < -0.4 is 4.74 Å². The van der Waals surface area contributed by atoms with Crippen LogP contribution in [0, 0.1) is 0 Å². The van der Waals surface area contributed by atoms with E-state index in [-0.39, 0.29) is 40.8 Å². The van der Waals surface area contributed by atoms with Crippen molar-refractivity contribution in [1.29, 1.82) is 0 Å². The highest BCUT2D eigenvalue weighted by atomic mass is 16.5. The van der Waals surface area contributed by atoms with E-state index in [1.165, 1.54) is 24.6 Å². The summed E-state index contributed by atoms with van der Waals surface area (Å²) in [5.41, 5.74) is 1.29. The Hall–Kier alpha value is -2.73. The van der Waals surface area contributed by atoms with Gasteiger partial charge in [0.1, 0.15) is 34.7 Å². The molecule has 2 heterocycles. The van der Waals surface area contributed by atoms with E-state index in [9.17, 15) is 20.1 Å². The molecular formula is C21H23NO5. The quantitative estimate of drug-likeness (QED) is 0.767. The Morgan fingerprint density at radius 3 is 2.44 bits per heavy atom. The van der Waals surface area contributed by atoms with Gasteiger partial charge in [-0.15, -0.1) is 0 Å². The van der Waals surface area contributed by atoms with Crippen molar-refractivity contribution in [2.75, 3.05) is 13.1 Å².